The SMILES string of the molecule is O=[N+]([O-])c1c(NCCN2CCCCC2)ncnc1Nc1cccc(C(F)(F)F)c1. The number of alkyl halides is 3. The molecule has 2 heterocycles. The number of anilines is 3. The van der Waals surface area contributed by atoms with Crippen molar-refractivity contribution in [3.63, 3.8) is 0 Å². The van der Waals surface area contributed by atoms with Gasteiger partial charge < -0.3 is 15.5 Å². The third-order valence-electron chi connectivity index (χ3n) is 4.63. The summed E-state index contributed by atoms with van der Waals surface area (Å²) in [5.74, 6) is -0.152. The van der Waals surface area contributed by atoms with Crippen LogP contribution in [0.3, 0.4) is 0 Å². The highest BCUT2D eigenvalue weighted by atomic mass is 19.4. The van der Waals surface area contributed by atoms with Gasteiger partial charge in [0.1, 0.15) is 6.33 Å². The summed E-state index contributed by atoms with van der Waals surface area (Å²) in [7, 11) is 0. The Kier molecular flexibility index (Phi) is 6.47. The first-order chi connectivity index (χ1) is 13.8. The number of benzene rings is 1. The number of nitrogens with zero attached hydrogens (tertiary/aromatic N) is 4. The highest BCUT2D eigenvalue weighted by Crippen LogP contribution is 2.34. The van der Waals surface area contributed by atoms with Gasteiger partial charge in [0.25, 0.3) is 0 Å². The van der Waals surface area contributed by atoms with Gasteiger partial charge in [0.2, 0.25) is 11.6 Å². The van der Waals surface area contributed by atoms with Crippen LogP contribution in [0, 0.1) is 10.1 Å². The van der Waals surface area contributed by atoms with Crippen LogP contribution in [0.5, 0.6) is 0 Å². The van der Waals surface area contributed by atoms with E-state index < -0.39 is 22.4 Å². The molecule has 0 atom stereocenters. The van der Waals surface area contributed by atoms with Crippen LogP contribution in [0.4, 0.5) is 36.2 Å². The molecule has 1 aliphatic rings. The molecule has 11 heteroatoms. The average Bonchev–Trinajstić information content (AvgIpc) is 2.68. The van der Waals surface area contributed by atoms with Crippen molar-refractivity contribution in [2.45, 2.75) is 25.4 Å². The number of rotatable bonds is 7. The van der Waals surface area contributed by atoms with Gasteiger partial charge in [-0.2, -0.15) is 13.2 Å². The minimum absolute atomic E-state index is 0.0245. The molecular formula is C18H21F3N6O2. The lowest BCUT2D eigenvalue weighted by molar-refractivity contribution is -0.383. The van der Waals surface area contributed by atoms with Crippen molar-refractivity contribution < 1.29 is 18.1 Å². The third-order valence-corrected chi connectivity index (χ3v) is 4.63. The smallest absolute Gasteiger partial charge is 0.363 e. The van der Waals surface area contributed by atoms with Gasteiger partial charge in [-0.25, -0.2) is 9.97 Å². The summed E-state index contributed by atoms with van der Waals surface area (Å²) in [4.78, 5) is 21.0. The van der Waals surface area contributed by atoms with E-state index in [0.29, 0.717) is 6.54 Å². The summed E-state index contributed by atoms with van der Waals surface area (Å²) in [6.07, 6.45) is 0.103. The second-order valence-electron chi connectivity index (χ2n) is 6.71. The van der Waals surface area contributed by atoms with Crippen LogP contribution >= 0.6 is 0 Å². The standard InChI is InChI=1S/C18H21F3N6O2/c19-18(20,21)13-5-4-6-14(11-13)25-17-15(27(28)29)16(23-12-24-17)22-7-10-26-8-2-1-3-9-26/h4-6,11-12H,1-3,7-10H2,(H2,22,23,24,25). The van der Waals surface area contributed by atoms with E-state index in [1.165, 1.54) is 18.6 Å². The number of aromatic nitrogens is 2. The molecule has 0 unspecified atom stereocenters. The molecule has 0 radical (unpaired) electrons. The van der Waals surface area contributed by atoms with Gasteiger partial charge >= 0.3 is 11.9 Å². The molecule has 29 heavy (non-hydrogen) atoms. The van der Waals surface area contributed by atoms with E-state index in [4.69, 9.17) is 0 Å². The minimum atomic E-state index is -4.52. The number of piperidine rings is 1. The number of nitro groups is 1. The number of likely N-dealkylation sites (tertiary alicyclic amines) is 1. The molecule has 2 aromatic rings. The van der Waals surface area contributed by atoms with Gasteiger partial charge in [0.05, 0.1) is 10.5 Å². The molecule has 0 amide bonds. The predicted octanol–water partition coefficient (Wildman–Crippen LogP) is 4.05. The highest BCUT2D eigenvalue weighted by molar-refractivity contribution is 5.73. The van der Waals surface area contributed by atoms with Crippen molar-refractivity contribution in [2.75, 3.05) is 36.8 Å². The molecular weight excluding hydrogens is 389 g/mol. The molecule has 0 spiro atoms. The van der Waals surface area contributed by atoms with Gasteiger partial charge in [-0.15, -0.1) is 0 Å². The first kappa shape index (κ1) is 20.8. The van der Waals surface area contributed by atoms with Gasteiger partial charge in [0, 0.05) is 18.8 Å². The first-order valence-electron chi connectivity index (χ1n) is 9.24. The zero-order valence-electron chi connectivity index (χ0n) is 15.6. The van der Waals surface area contributed by atoms with Crippen LogP contribution < -0.4 is 10.6 Å². The largest absolute Gasteiger partial charge is 0.416 e. The fraction of sp³-hybridized carbons (Fsp3) is 0.444. The summed E-state index contributed by atoms with van der Waals surface area (Å²) in [5.41, 5.74) is -1.23. The quantitative estimate of drug-likeness (QED) is 0.525. The Balaban J connectivity index is 1.75. The lowest BCUT2D eigenvalue weighted by atomic mass is 10.1. The number of hydrogen-bond donors (Lipinski definition) is 2. The monoisotopic (exact) mass is 410 g/mol. The average molecular weight is 410 g/mol. The van der Waals surface area contributed by atoms with E-state index in [1.807, 2.05) is 0 Å². The molecule has 2 N–H and O–H groups in total. The third kappa shape index (κ3) is 5.53. The summed E-state index contributed by atoms with van der Waals surface area (Å²) in [6.45, 7) is 3.17. The number of nitrogens with one attached hydrogen (secondary N) is 2. The molecule has 3 rings (SSSR count). The van der Waals surface area contributed by atoms with E-state index in [0.717, 1.165) is 50.9 Å². The van der Waals surface area contributed by atoms with Crippen molar-refractivity contribution in [3.05, 3.63) is 46.3 Å². The number of halogens is 3. The van der Waals surface area contributed by atoms with Crippen molar-refractivity contribution in [1.82, 2.24) is 14.9 Å². The van der Waals surface area contributed by atoms with Crippen molar-refractivity contribution >= 4 is 23.0 Å². The predicted molar refractivity (Wildman–Crippen MR) is 102 cm³/mol. The minimum Gasteiger partial charge on any atom is -0.363 e. The van der Waals surface area contributed by atoms with Crippen molar-refractivity contribution in [1.29, 1.82) is 0 Å². The topological polar surface area (TPSA) is 96.2 Å². The van der Waals surface area contributed by atoms with Crippen molar-refractivity contribution in [3.8, 4) is 0 Å². The Morgan fingerprint density at radius 1 is 1.14 bits per heavy atom. The maximum absolute atomic E-state index is 12.9. The lowest BCUT2D eigenvalue weighted by Gasteiger charge is -2.26. The Bertz CT molecular complexity index is 856. The Labute approximate surface area is 165 Å². The van der Waals surface area contributed by atoms with E-state index in [9.17, 15) is 23.3 Å². The summed E-state index contributed by atoms with van der Waals surface area (Å²) < 4.78 is 38.7. The maximum atomic E-state index is 12.9. The van der Waals surface area contributed by atoms with Crippen LogP contribution in [0.25, 0.3) is 0 Å². The summed E-state index contributed by atoms with van der Waals surface area (Å²) in [6, 6.07) is 4.39. The molecule has 0 bridgehead atoms. The molecule has 8 nitrogen and oxygen atoms in total. The van der Waals surface area contributed by atoms with Crippen molar-refractivity contribution in [2.24, 2.45) is 0 Å². The zero-order valence-corrected chi connectivity index (χ0v) is 15.6. The second-order valence-corrected chi connectivity index (χ2v) is 6.71. The first-order valence-corrected chi connectivity index (χ1v) is 9.24. The Morgan fingerprint density at radius 3 is 2.55 bits per heavy atom. The van der Waals surface area contributed by atoms with E-state index >= 15 is 0 Å². The number of hydrogen-bond acceptors (Lipinski definition) is 7. The van der Waals surface area contributed by atoms with Gasteiger partial charge in [-0.05, 0) is 44.1 Å². The Morgan fingerprint density at radius 2 is 1.86 bits per heavy atom. The van der Waals surface area contributed by atoms with E-state index in [1.54, 1.807) is 0 Å². The highest BCUT2D eigenvalue weighted by Gasteiger charge is 2.31. The molecule has 1 aliphatic heterocycles. The van der Waals surface area contributed by atoms with Crippen LogP contribution in [0.1, 0.15) is 24.8 Å². The van der Waals surface area contributed by atoms with Crippen LogP contribution in [-0.2, 0) is 6.18 Å². The molecule has 1 aromatic heterocycles. The van der Waals surface area contributed by atoms with Gasteiger partial charge in [0.15, 0.2) is 0 Å². The van der Waals surface area contributed by atoms with E-state index in [2.05, 4.69) is 25.5 Å². The molecule has 156 valence electrons. The summed E-state index contributed by atoms with van der Waals surface area (Å²) >= 11 is 0. The maximum Gasteiger partial charge on any atom is 0.416 e. The van der Waals surface area contributed by atoms with Crippen LogP contribution in [-0.4, -0.2) is 46.0 Å². The molecule has 1 fully saturated rings. The normalized spacial score (nSPS) is 15.1. The molecule has 0 aliphatic carbocycles. The zero-order chi connectivity index (χ0) is 20.9. The fourth-order valence-corrected chi connectivity index (χ4v) is 3.20. The second kappa shape index (κ2) is 9.03. The van der Waals surface area contributed by atoms with Gasteiger partial charge in [-0.1, -0.05) is 12.5 Å². The summed E-state index contributed by atoms with van der Waals surface area (Å²) in [5, 5.41) is 17.1. The van der Waals surface area contributed by atoms with E-state index in [-0.39, 0.29) is 17.3 Å². The Hall–Kier alpha value is -2.95. The van der Waals surface area contributed by atoms with Crippen LogP contribution in [0.2, 0.25) is 0 Å². The molecule has 1 aromatic carbocycles. The van der Waals surface area contributed by atoms with Gasteiger partial charge in [-0.3, -0.25) is 10.1 Å². The fourth-order valence-electron chi connectivity index (χ4n) is 3.20. The molecule has 1 saturated heterocycles. The molecule has 0 saturated carbocycles. The lowest BCUT2D eigenvalue weighted by Crippen LogP contribution is -2.33. The van der Waals surface area contributed by atoms with Crippen LogP contribution in [0.15, 0.2) is 30.6 Å².